The third-order valence-electron chi connectivity index (χ3n) is 7.04. The Morgan fingerprint density at radius 2 is 1.21 bits per heavy atom. The third kappa shape index (κ3) is 2.71. The Balaban J connectivity index is 1.75. The van der Waals surface area contributed by atoms with Crippen LogP contribution in [-0.4, -0.2) is 4.98 Å². The van der Waals surface area contributed by atoms with Crippen molar-refractivity contribution in [2.75, 3.05) is 5.73 Å². The van der Waals surface area contributed by atoms with Crippen LogP contribution in [0.5, 0.6) is 0 Å². The maximum Gasteiger partial charge on any atom is 0.0714 e. The van der Waals surface area contributed by atoms with Crippen molar-refractivity contribution in [2.45, 2.75) is 12.3 Å². The number of nitrogen functional groups attached to an aromatic ring is 1. The number of nitrogens with zero attached hydrogens (tertiary/aromatic N) is 1. The summed E-state index contributed by atoms with van der Waals surface area (Å²) in [7, 11) is 0. The lowest BCUT2D eigenvalue weighted by molar-refractivity contribution is 0.766. The van der Waals surface area contributed by atoms with Crippen LogP contribution in [0, 0.1) is 6.92 Å². The van der Waals surface area contributed by atoms with Crippen molar-refractivity contribution >= 4 is 5.69 Å². The topological polar surface area (TPSA) is 38.9 Å². The number of pyridine rings is 1. The Hall–Kier alpha value is -4.17. The number of para-hydroxylation sites is 1. The SMILES string of the molecule is Cc1c(-c2ccccc2N)ccc2c1-c1ccccc1C2(c1ccccc1)c1ccncc1. The van der Waals surface area contributed by atoms with E-state index in [1.165, 1.54) is 44.5 Å². The molecule has 0 aliphatic heterocycles. The zero-order chi connectivity index (χ0) is 22.4. The Morgan fingerprint density at radius 1 is 0.576 bits per heavy atom. The molecule has 0 saturated carbocycles. The highest BCUT2D eigenvalue weighted by atomic mass is 14.6. The summed E-state index contributed by atoms with van der Waals surface area (Å²) in [5.74, 6) is 0. The largest absolute Gasteiger partial charge is 0.398 e. The highest BCUT2D eigenvalue weighted by Gasteiger charge is 2.46. The van der Waals surface area contributed by atoms with Crippen LogP contribution >= 0.6 is 0 Å². The lowest BCUT2D eigenvalue weighted by Crippen LogP contribution is -2.28. The Morgan fingerprint density at radius 3 is 1.97 bits per heavy atom. The fourth-order valence-corrected chi connectivity index (χ4v) is 5.66. The Labute approximate surface area is 194 Å². The molecule has 4 aromatic carbocycles. The summed E-state index contributed by atoms with van der Waals surface area (Å²) in [6, 6.07) is 36.6. The van der Waals surface area contributed by atoms with E-state index in [-0.39, 0.29) is 0 Å². The number of aromatic nitrogens is 1. The number of benzene rings is 4. The van der Waals surface area contributed by atoms with E-state index < -0.39 is 5.41 Å². The van der Waals surface area contributed by atoms with Gasteiger partial charge in [0.25, 0.3) is 0 Å². The van der Waals surface area contributed by atoms with E-state index in [1.807, 2.05) is 24.5 Å². The molecule has 158 valence electrons. The molecule has 1 atom stereocenters. The van der Waals surface area contributed by atoms with E-state index in [0.29, 0.717) is 0 Å². The van der Waals surface area contributed by atoms with Crippen molar-refractivity contribution in [1.29, 1.82) is 0 Å². The highest BCUT2D eigenvalue weighted by Crippen LogP contribution is 2.57. The average molecular weight is 425 g/mol. The first-order valence-electron chi connectivity index (χ1n) is 11.3. The Kier molecular flexibility index (Phi) is 4.41. The van der Waals surface area contributed by atoms with Crippen molar-refractivity contribution in [3.05, 3.63) is 143 Å². The maximum absolute atomic E-state index is 6.39. The molecule has 0 bridgehead atoms. The van der Waals surface area contributed by atoms with Crippen LogP contribution in [0.4, 0.5) is 5.69 Å². The standard InChI is InChI=1S/C31H24N2/c1-21-24(25-11-6-8-14-29(25)32)15-16-28-30(21)26-12-5-7-13-27(26)31(28,22-9-3-2-4-10-22)23-17-19-33-20-18-23/h2-20H,32H2,1H3. The van der Waals surface area contributed by atoms with E-state index in [0.717, 1.165) is 11.3 Å². The molecule has 6 rings (SSSR count). The number of nitrogens with two attached hydrogens (primary N) is 1. The minimum Gasteiger partial charge on any atom is -0.398 e. The molecule has 0 spiro atoms. The van der Waals surface area contributed by atoms with Crippen LogP contribution in [-0.2, 0) is 5.41 Å². The van der Waals surface area contributed by atoms with Gasteiger partial charge in [0.2, 0.25) is 0 Å². The minimum absolute atomic E-state index is 0.401. The summed E-state index contributed by atoms with van der Waals surface area (Å²) < 4.78 is 0. The summed E-state index contributed by atoms with van der Waals surface area (Å²) in [6.07, 6.45) is 3.79. The minimum atomic E-state index is -0.401. The predicted octanol–water partition coefficient (Wildman–Crippen LogP) is 7.00. The van der Waals surface area contributed by atoms with Gasteiger partial charge in [-0.3, -0.25) is 4.98 Å². The molecule has 2 nitrogen and oxygen atoms in total. The molecule has 1 aliphatic rings. The molecular weight excluding hydrogens is 400 g/mol. The number of anilines is 1. The van der Waals surface area contributed by atoms with Gasteiger partial charge in [0.05, 0.1) is 5.41 Å². The molecular formula is C31H24N2. The molecule has 0 saturated heterocycles. The van der Waals surface area contributed by atoms with E-state index in [2.05, 4.69) is 103 Å². The van der Waals surface area contributed by atoms with Gasteiger partial charge in [-0.2, -0.15) is 0 Å². The van der Waals surface area contributed by atoms with Gasteiger partial charge in [-0.25, -0.2) is 0 Å². The number of fused-ring (bicyclic) bond motifs is 3. The molecule has 2 heteroatoms. The van der Waals surface area contributed by atoms with Crippen LogP contribution in [0.2, 0.25) is 0 Å². The first-order valence-corrected chi connectivity index (χ1v) is 11.3. The first kappa shape index (κ1) is 19.5. The van der Waals surface area contributed by atoms with Crippen LogP contribution in [0.3, 0.4) is 0 Å². The van der Waals surface area contributed by atoms with Crippen LogP contribution in [0.1, 0.15) is 27.8 Å². The lowest BCUT2D eigenvalue weighted by Gasteiger charge is -2.34. The van der Waals surface area contributed by atoms with Gasteiger partial charge in [-0.05, 0) is 69.6 Å². The van der Waals surface area contributed by atoms with Crippen LogP contribution < -0.4 is 5.73 Å². The second-order valence-corrected chi connectivity index (χ2v) is 8.65. The first-order chi connectivity index (χ1) is 16.2. The summed E-state index contributed by atoms with van der Waals surface area (Å²) >= 11 is 0. The van der Waals surface area contributed by atoms with Gasteiger partial charge < -0.3 is 5.73 Å². The van der Waals surface area contributed by atoms with Gasteiger partial charge in [-0.1, -0.05) is 84.9 Å². The summed E-state index contributed by atoms with van der Waals surface area (Å²) in [5, 5.41) is 0. The summed E-state index contributed by atoms with van der Waals surface area (Å²) in [6.45, 7) is 2.23. The number of hydrogen-bond acceptors (Lipinski definition) is 2. The molecule has 0 fully saturated rings. The summed E-state index contributed by atoms with van der Waals surface area (Å²) in [4.78, 5) is 4.32. The maximum atomic E-state index is 6.39. The molecule has 33 heavy (non-hydrogen) atoms. The molecule has 1 unspecified atom stereocenters. The number of rotatable bonds is 3. The van der Waals surface area contributed by atoms with Crippen molar-refractivity contribution in [1.82, 2.24) is 4.98 Å². The second kappa shape index (κ2) is 7.46. The molecule has 1 aromatic heterocycles. The molecule has 5 aromatic rings. The smallest absolute Gasteiger partial charge is 0.0714 e. The molecule has 1 heterocycles. The van der Waals surface area contributed by atoms with Crippen LogP contribution in [0.25, 0.3) is 22.3 Å². The average Bonchev–Trinajstić information content (AvgIpc) is 3.18. The fraction of sp³-hybridized carbons (Fsp3) is 0.0645. The van der Waals surface area contributed by atoms with E-state index in [4.69, 9.17) is 5.73 Å². The van der Waals surface area contributed by atoms with E-state index >= 15 is 0 Å². The predicted molar refractivity (Wildman–Crippen MR) is 136 cm³/mol. The summed E-state index contributed by atoms with van der Waals surface area (Å²) in [5.41, 5.74) is 18.0. The van der Waals surface area contributed by atoms with E-state index in [1.54, 1.807) is 0 Å². The molecule has 2 N–H and O–H groups in total. The van der Waals surface area contributed by atoms with Gasteiger partial charge in [-0.15, -0.1) is 0 Å². The van der Waals surface area contributed by atoms with Gasteiger partial charge in [0.15, 0.2) is 0 Å². The van der Waals surface area contributed by atoms with E-state index in [9.17, 15) is 0 Å². The van der Waals surface area contributed by atoms with Crippen molar-refractivity contribution < 1.29 is 0 Å². The normalized spacial score (nSPS) is 16.3. The highest BCUT2D eigenvalue weighted by molar-refractivity contribution is 5.93. The molecule has 1 aliphatic carbocycles. The van der Waals surface area contributed by atoms with Gasteiger partial charge in [0.1, 0.15) is 0 Å². The van der Waals surface area contributed by atoms with Crippen molar-refractivity contribution in [2.24, 2.45) is 0 Å². The zero-order valence-corrected chi connectivity index (χ0v) is 18.5. The van der Waals surface area contributed by atoms with Gasteiger partial charge >= 0.3 is 0 Å². The molecule has 0 radical (unpaired) electrons. The van der Waals surface area contributed by atoms with Gasteiger partial charge in [0, 0.05) is 23.6 Å². The second-order valence-electron chi connectivity index (χ2n) is 8.65. The Bertz CT molecular complexity index is 1430. The van der Waals surface area contributed by atoms with Crippen LogP contribution in [0.15, 0.2) is 116 Å². The number of hydrogen-bond donors (Lipinski definition) is 1. The monoisotopic (exact) mass is 424 g/mol. The quantitative estimate of drug-likeness (QED) is 0.311. The lowest BCUT2D eigenvalue weighted by atomic mass is 9.67. The molecule has 0 amide bonds. The zero-order valence-electron chi connectivity index (χ0n) is 18.5. The fourth-order valence-electron chi connectivity index (χ4n) is 5.66. The van der Waals surface area contributed by atoms with Crippen molar-refractivity contribution in [3.63, 3.8) is 0 Å². The van der Waals surface area contributed by atoms with Crippen molar-refractivity contribution in [3.8, 4) is 22.3 Å². The third-order valence-corrected chi connectivity index (χ3v) is 7.04.